The Morgan fingerprint density at radius 1 is 1.43 bits per heavy atom. The fraction of sp³-hybridized carbons (Fsp3) is 0.214. The molecule has 2 aromatic rings. The molecule has 7 heteroatoms. The largest absolute Gasteiger partial charge is 0.481 e. The van der Waals surface area contributed by atoms with Gasteiger partial charge in [-0.15, -0.1) is 0 Å². The Hall–Kier alpha value is -2.67. The van der Waals surface area contributed by atoms with E-state index in [1.165, 1.54) is 0 Å². The van der Waals surface area contributed by atoms with E-state index in [-0.39, 0.29) is 0 Å². The number of nitrogens with two attached hydrogens (primary N) is 1. The summed E-state index contributed by atoms with van der Waals surface area (Å²) in [5, 5.41) is 11.2. The van der Waals surface area contributed by atoms with E-state index in [2.05, 4.69) is 10.3 Å². The maximum absolute atomic E-state index is 11.8. The molecule has 0 aliphatic carbocycles. The highest BCUT2D eigenvalue weighted by Crippen LogP contribution is 2.12. The van der Waals surface area contributed by atoms with Gasteiger partial charge >= 0.3 is 5.97 Å². The van der Waals surface area contributed by atoms with E-state index in [0.29, 0.717) is 12.2 Å². The summed E-state index contributed by atoms with van der Waals surface area (Å²) in [5.41, 5.74) is 7.07. The molecule has 0 saturated heterocycles. The fourth-order valence-corrected chi connectivity index (χ4v) is 1.85. The van der Waals surface area contributed by atoms with Crippen molar-refractivity contribution in [2.45, 2.75) is 19.0 Å². The van der Waals surface area contributed by atoms with Gasteiger partial charge in [-0.2, -0.15) is 0 Å². The molecule has 1 aromatic carbocycles. The minimum atomic E-state index is -1.11. The molecule has 1 heterocycles. The molecule has 1 aromatic heterocycles. The summed E-state index contributed by atoms with van der Waals surface area (Å²) in [5.74, 6) is -1.62. The molecule has 1 amide bonds. The molecule has 0 radical (unpaired) electrons. The van der Waals surface area contributed by atoms with Crippen LogP contribution in [0, 0.1) is 0 Å². The van der Waals surface area contributed by atoms with Crippen LogP contribution in [0.5, 0.6) is 0 Å². The number of carbonyl (C=O) groups is 2. The third-order valence-corrected chi connectivity index (χ3v) is 2.85. The number of aromatic nitrogens is 2. The summed E-state index contributed by atoms with van der Waals surface area (Å²) < 4.78 is 1.90. The number of benzene rings is 1. The predicted molar refractivity (Wildman–Crippen MR) is 76.6 cm³/mol. The first-order valence-corrected chi connectivity index (χ1v) is 6.37. The van der Waals surface area contributed by atoms with Crippen LogP contribution in [0.4, 0.5) is 5.69 Å². The molecule has 0 fully saturated rings. The second-order valence-corrected chi connectivity index (χ2v) is 4.63. The first-order chi connectivity index (χ1) is 10.0. The standard InChI is InChI=1S/C14H16N4O3/c15-12(7-13(19)20)14(21)17-11-3-1-2-10(6-11)8-18-5-4-16-9-18/h1-6,9,12H,7-8,15H2,(H,17,21)(H,19,20). The zero-order chi connectivity index (χ0) is 15.2. The van der Waals surface area contributed by atoms with Crippen LogP contribution in [-0.4, -0.2) is 32.6 Å². The summed E-state index contributed by atoms with van der Waals surface area (Å²) in [4.78, 5) is 26.3. The van der Waals surface area contributed by atoms with Gasteiger partial charge in [0.15, 0.2) is 0 Å². The zero-order valence-electron chi connectivity index (χ0n) is 11.3. The topological polar surface area (TPSA) is 110 Å². The number of imidazole rings is 1. The van der Waals surface area contributed by atoms with Gasteiger partial charge in [0, 0.05) is 24.6 Å². The molecule has 0 spiro atoms. The Balaban J connectivity index is 2.00. The number of nitrogens with zero attached hydrogens (tertiary/aromatic N) is 2. The van der Waals surface area contributed by atoms with Crippen molar-refractivity contribution in [1.29, 1.82) is 0 Å². The number of aliphatic carboxylic acids is 1. The predicted octanol–water partition coefficient (Wildman–Crippen LogP) is 0.672. The van der Waals surface area contributed by atoms with Gasteiger partial charge in [0.1, 0.15) is 0 Å². The van der Waals surface area contributed by atoms with Gasteiger partial charge in [-0.25, -0.2) is 4.98 Å². The lowest BCUT2D eigenvalue weighted by Crippen LogP contribution is -2.37. The third-order valence-electron chi connectivity index (χ3n) is 2.85. The number of hydrogen-bond acceptors (Lipinski definition) is 4. The molecule has 0 aliphatic rings. The van der Waals surface area contributed by atoms with Crippen LogP contribution in [-0.2, 0) is 16.1 Å². The molecule has 1 atom stereocenters. The minimum Gasteiger partial charge on any atom is -0.481 e. The molecule has 0 bridgehead atoms. The molecular formula is C14H16N4O3. The number of carboxylic acid groups (broad SMARTS) is 1. The van der Waals surface area contributed by atoms with Crippen LogP contribution < -0.4 is 11.1 Å². The van der Waals surface area contributed by atoms with Gasteiger partial charge in [-0.05, 0) is 17.7 Å². The van der Waals surface area contributed by atoms with Crippen molar-refractivity contribution in [2.24, 2.45) is 5.73 Å². The SMILES string of the molecule is NC(CC(=O)O)C(=O)Nc1cccc(Cn2ccnc2)c1. The lowest BCUT2D eigenvalue weighted by Gasteiger charge is -2.11. The van der Waals surface area contributed by atoms with Crippen molar-refractivity contribution >= 4 is 17.6 Å². The van der Waals surface area contributed by atoms with Gasteiger partial charge in [0.05, 0.1) is 18.8 Å². The Bertz CT molecular complexity index is 625. The van der Waals surface area contributed by atoms with Crippen LogP contribution in [0.25, 0.3) is 0 Å². The Morgan fingerprint density at radius 2 is 2.24 bits per heavy atom. The summed E-state index contributed by atoms with van der Waals surface area (Å²) in [7, 11) is 0. The maximum Gasteiger partial charge on any atom is 0.305 e. The van der Waals surface area contributed by atoms with Crippen molar-refractivity contribution in [1.82, 2.24) is 9.55 Å². The van der Waals surface area contributed by atoms with Crippen LogP contribution in [0.2, 0.25) is 0 Å². The van der Waals surface area contributed by atoms with E-state index < -0.39 is 24.3 Å². The Labute approximate surface area is 121 Å². The normalized spacial score (nSPS) is 11.9. The van der Waals surface area contributed by atoms with Gasteiger partial charge in [0.2, 0.25) is 5.91 Å². The molecule has 7 nitrogen and oxygen atoms in total. The quantitative estimate of drug-likeness (QED) is 0.723. The highest BCUT2D eigenvalue weighted by atomic mass is 16.4. The molecule has 0 aliphatic heterocycles. The number of hydrogen-bond donors (Lipinski definition) is 3. The third kappa shape index (κ3) is 4.43. The molecule has 4 N–H and O–H groups in total. The molecule has 0 saturated carbocycles. The molecule has 110 valence electrons. The molecule has 1 unspecified atom stereocenters. The van der Waals surface area contributed by atoms with Crippen molar-refractivity contribution in [2.75, 3.05) is 5.32 Å². The van der Waals surface area contributed by atoms with Crippen molar-refractivity contribution in [3.63, 3.8) is 0 Å². The molecular weight excluding hydrogens is 272 g/mol. The van der Waals surface area contributed by atoms with Crippen LogP contribution >= 0.6 is 0 Å². The van der Waals surface area contributed by atoms with Gasteiger partial charge in [-0.1, -0.05) is 12.1 Å². The van der Waals surface area contributed by atoms with Gasteiger partial charge in [-0.3, -0.25) is 9.59 Å². The summed E-state index contributed by atoms with van der Waals surface area (Å²) in [6.45, 7) is 0.630. The smallest absolute Gasteiger partial charge is 0.305 e. The first-order valence-electron chi connectivity index (χ1n) is 6.37. The monoisotopic (exact) mass is 288 g/mol. The number of nitrogens with one attached hydrogen (secondary N) is 1. The second kappa shape index (κ2) is 6.67. The van der Waals surface area contributed by atoms with E-state index in [9.17, 15) is 9.59 Å². The number of anilines is 1. The first kappa shape index (κ1) is 14.7. The molecule has 2 rings (SSSR count). The Morgan fingerprint density at radius 3 is 2.90 bits per heavy atom. The van der Waals surface area contributed by atoms with Crippen LogP contribution in [0.1, 0.15) is 12.0 Å². The number of carboxylic acids is 1. The van der Waals surface area contributed by atoms with Gasteiger partial charge < -0.3 is 20.7 Å². The highest BCUT2D eigenvalue weighted by molar-refractivity contribution is 5.96. The van der Waals surface area contributed by atoms with Crippen LogP contribution in [0.15, 0.2) is 43.0 Å². The van der Waals surface area contributed by atoms with Crippen molar-refractivity contribution < 1.29 is 14.7 Å². The number of carbonyl (C=O) groups excluding carboxylic acids is 1. The Kier molecular flexibility index (Phi) is 4.68. The highest BCUT2D eigenvalue weighted by Gasteiger charge is 2.17. The maximum atomic E-state index is 11.8. The van der Waals surface area contributed by atoms with E-state index in [1.54, 1.807) is 18.6 Å². The van der Waals surface area contributed by atoms with Crippen molar-refractivity contribution in [3.8, 4) is 0 Å². The average Bonchev–Trinajstić information content (AvgIpc) is 2.91. The summed E-state index contributed by atoms with van der Waals surface area (Å²) >= 11 is 0. The summed E-state index contributed by atoms with van der Waals surface area (Å²) in [6, 6.07) is 6.20. The van der Waals surface area contributed by atoms with E-state index in [0.717, 1.165) is 5.56 Å². The molecule has 21 heavy (non-hydrogen) atoms. The lowest BCUT2D eigenvalue weighted by molar-refractivity contribution is -0.138. The average molecular weight is 288 g/mol. The van der Waals surface area contributed by atoms with Crippen molar-refractivity contribution in [3.05, 3.63) is 48.5 Å². The fourth-order valence-electron chi connectivity index (χ4n) is 1.85. The lowest BCUT2D eigenvalue weighted by atomic mass is 10.1. The minimum absolute atomic E-state index is 0.402. The van der Waals surface area contributed by atoms with E-state index >= 15 is 0 Å². The summed E-state index contributed by atoms with van der Waals surface area (Å²) in [6.07, 6.45) is 4.83. The van der Waals surface area contributed by atoms with Crippen LogP contribution in [0.3, 0.4) is 0 Å². The number of amides is 1. The van der Waals surface area contributed by atoms with E-state index in [1.807, 2.05) is 29.0 Å². The number of rotatable bonds is 6. The van der Waals surface area contributed by atoms with E-state index in [4.69, 9.17) is 10.8 Å². The zero-order valence-corrected chi connectivity index (χ0v) is 11.3. The van der Waals surface area contributed by atoms with Gasteiger partial charge in [0.25, 0.3) is 0 Å². The second-order valence-electron chi connectivity index (χ2n) is 4.63.